The monoisotopic (exact) mass is 349 g/mol. The number of carbonyl (C=O) groups excluding carboxylic acids is 1. The highest BCUT2D eigenvalue weighted by molar-refractivity contribution is 8.00. The lowest BCUT2D eigenvalue weighted by atomic mass is 10.1. The van der Waals surface area contributed by atoms with Crippen molar-refractivity contribution >= 4 is 23.4 Å². The molecule has 0 N–H and O–H groups in total. The molecule has 0 spiro atoms. The number of rotatable bonds is 7. The number of nitrogens with zero attached hydrogens (tertiary/aromatic N) is 1. The highest BCUT2D eigenvalue weighted by Crippen LogP contribution is 2.39. The van der Waals surface area contributed by atoms with Crippen LogP contribution < -0.4 is 0 Å². The van der Waals surface area contributed by atoms with Crippen molar-refractivity contribution < 1.29 is 19.1 Å². The molecule has 0 bridgehead atoms. The number of oxime groups is 1. The van der Waals surface area contributed by atoms with E-state index in [0.29, 0.717) is 5.56 Å². The van der Waals surface area contributed by atoms with E-state index < -0.39 is 5.97 Å². The Morgan fingerprint density at radius 3 is 2.38 bits per heavy atom. The van der Waals surface area contributed by atoms with E-state index >= 15 is 0 Å². The van der Waals surface area contributed by atoms with E-state index in [1.807, 2.05) is 36.0 Å². The average Bonchev–Trinajstić information content (AvgIpc) is 3.30. The van der Waals surface area contributed by atoms with Crippen molar-refractivity contribution in [3.8, 4) is 0 Å². The first kappa shape index (κ1) is 17.3. The lowest BCUT2D eigenvalue weighted by Gasteiger charge is -2.11. The quantitative estimate of drug-likeness (QED) is 0.429. The van der Waals surface area contributed by atoms with Gasteiger partial charge in [0, 0.05) is 29.2 Å². The smallest absolute Gasteiger partial charge is 0.360 e. The fourth-order valence-corrected chi connectivity index (χ4v) is 3.76. The Balaban J connectivity index is 1.68. The van der Waals surface area contributed by atoms with Gasteiger partial charge in [-0.25, -0.2) is 4.79 Å². The van der Waals surface area contributed by atoms with E-state index in [-0.39, 0.29) is 17.9 Å². The number of benzene rings is 1. The Morgan fingerprint density at radius 2 is 1.79 bits per heavy atom. The molecule has 1 aromatic carbocycles. The molecule has 6 heteroatoms. The van der Waals surface area contributed by atoms with E-state index in [0.717, 1.165) is 24.5 Å². The predicted molar refractivity (Wildman–Crippen MR) is 93.4 cm³/mol. The standard InChI is InChI=1S/C18H23NO4S/c1-21-13-5-6-14(11-13)23-19-17(18(20)22-2)12-3-7-15(8-4-12)24-16-9-10-16/h3-4,7-8,13-14,16H,5-6,9-11H2,1-2H3/b19-17+/t13-,14-/m1/s1. The van der Waals surface area contributed by atoms with Gasteiger partial charge in [-0.2, -0.15) is 0 Å². The van der Waals surface area contributed by atoms with Crippen LogP contribution in [0, 0.1) is 0 Å². The summed E-state index contributed by atoms with van der Waals surface area (Å²) in [6.45, 7) is 0. The molecular weight excluding hydrogens is 326 g/mol. The number of carbonyl (C=O) groups is 1. The second-order valence-corrected chi connectivity index (χ2v) is 7.55. The van der Waals surface area contributed by atoms with Crippen molar-refractivity contribution in [2.24, 2.45) is 5.16 Å². The van der Waals surface area contributed by atoms with Crippen LogP contribution in [0.15, 0.2) is 34.3 Å². The number of hydrogen-bond acceptors (Lipinski definition) is 6. The predicted octanol–water partition coefficient (Wildman–Crippen LogP) is 3.40. The summed E-state index contributed by atoms with van der Waals surface area (Å²) < 4.78 is 10.2. The maximum atomic E-state index is 12.0. The van der Waals surface area contributed by atoms with Crippen molar-refractivity contribution in [2.45, 2.75) is 54.5 Å². The van der Waals surface area contributed by atoms with Gasteiger partial charge < -0.3 is 14.3 Å². The zero-order chi connectivity index (χ0) is 16.9. The number of methoxy groups -OCH3 is 2. The Morgan fingerprint density at radius 1 is 1.08 bits per heavy atom. The van der Waals surface area contributed by atoms with Gasteiger partial charge in [-0.15, -0.1) is 11.8 Å². The van der Waals surface area contributed by atoms with Gasteiger partial charge in [-0.1, -0.05) is 17.3 Å². The van der Waals surface area contributed by atoms with Crippen LogP contribution in [0.25, 0.3) is 0 Å². The molecule has 24 heavy (non-hydrogen) atoms. The van der Waals surface area contributed by atoms with Crippen LogP contribution in [-0.4, -0.2) is 43.4 Å². The molecule has 2 atom stereocenters. The molecule has 0 radical (unpaired) electrons. The summed E-state index contributed by atoms with van der Waals surface area (Å²) in [7, 11) is 3.06. The molecule has 0 aliphatic heterocycles. The van der Waals surface area contributed by atoms with Crippen LogP contribution in [-0.2, 0) is 19.1 Å². The average molecular weight is 349 g/mol. The second-order valence-electron chi connectivity index (χ2n) is 6.17. The Labute approximate surface area is 146 Å². The molecule has 2 aliphatic carbocycles. The minimum atomic E-state index is -0.487. The summed E-state index contributed by atoms with van der Waals surface area (Å²) in [5, 5.41) is 4.85. The van der Waals surface area contributed by atoms with Gasteiger partial charge in [-0.3, -0.25) is 0 Å². The van der Waals surface area contributed by atoms with Crippen LogP contribution >= 0.6 is 11.8 Å². The molecule has 1 aromatic rings. The SMILES string of the molecule is COC(=O)/C(=N/O[C@@H]1CC[C@@H](OC)C1)c1ccc(SC2CC2)cc1. The molecule has 0 heterocycles. The maximum Gasteiger partial charge on any atom is 0.360 e. The van der Waals surface area contributed by atoms with Crippen LogP contribution in [0.4, 0.5) is 0 Å². The highest BCUT2D eigenvalue weighted by atomic mass is 32.2. The minimum absolute atomic E-state index is 0.0145. The van der Waals surface area contributed by atoms with E-state index in [1.165, 1.54) is 24.8 Å². The van der Waals surface area contributed by atoms with Crippen molar-refractivity contribution in [2.75, 3.05) is 14.2 Å². The summed E-state index contributed by atoms with van der Waals surface area (Å²) >= 11 is 1.88. The van der Waals surface area contributed by atoms with E-state index in [9.17, 15) is 4.79 Å². The fourth-order valence-electron chi connectivity index (χ4n) is 2.71. The molecule has 0 saturated heterocycles. The van der Waals surface area contributed by atoms with Crippen molar-refractivity contribution in [3.05, 3.63) is 29.8 Å². The Kier molecular flexibility index (Phi) is 5.79. The summed E-state index contributed by atoms with van der Waals surface area (Å²) in [6.07, 6.45) is 5.42. The molecule has 2 aliphatic rings. The molecule has 5 nitrogen and oxygen atoms in total. The van der Waals surface area contributed by atoms with Gasteiger partial charge in [0.25, 0.3) is 0 Å². The van der Waals surface area contributed by atoms with E-state index in [4.69, 9.17) is 14.3 Å². The molecule has 0 unspecified atom stereocenters. The minimum Gasteiger partial charge on any atom is -0.464 e. The van der Waals surface area contributed by atoms with Gasteiger partial charge in [0.2, 0.25) is 0 Å². The molecule has 3 rings (SSSR count). The van der Waals surface area contributed by atoms with Crippen LogP contribution in [0.3, 0.4) is 0 Å². The topological polar surface area (TPSA) is 57.1 Å². The summed E-state index contributed by atoms with van der Waals surface area (Å²) in [4.78, 5) is 18.8. The zero-order valence-corrected chi connectivity index (χ0v) is 14.9. The lowest BCUT2D eigenvalue weighted by molar-refractivity contribution is -0.132. The third-order valence-corrected chi connectivity index (χ3v) is 5.65. The second kappa shape index (κ2) is 8.03. The van der Waals surface area contributed by atoms with Gasteiger partial charge in [0.05, 0.1) is 13.2 Å². The molecule has 0 amide bonds. The van der Waals surface area contributed by atoms with Gasteiger partial charge in [0.1, 0.15) is 6.10 Å². The highest BCUT2D eigenvalue weighted by Gasteiger charge is 2.27. The maximum absolute atomic E-state index is 12.0. The van der Waals surface area contributed by atoms with Gasteiger partial charge >= 0.3 is 5.97 Å². The normalized spacial score (nSPS) is 24.0. The van der Waals surface area contributed by atoms with Gasteiger partial charge in [-0.05, 0) is 37.8 Å². The van der Waals surface area contributed by atoms with Crippen molar-refractivity contribution in [3.63, 3.8) is 0 Å². The number of ether oxygens (including phenoxy) is 2. The summed E-state index contributed by atoms with van der Waals surface area (Å²) in [5.41, 5.74) is 0.921. The molecule has 2 saturated carbocycles. The first-order chi connectivity index (χ1) is 11.7. The number of hydrogen-bond donors (Lipinski definition) is 0. The first-order valence-electron chi connectivity index (χ1n) is 8.31. The van der Waals surface area contributed by atoms with Crippen LogP contribution in [0.1, 0.15) is 37.7 Å². The zero-order valence-electron chi connectivity index (χ0n) is 14.1. The fraction of sp³-hybridized carbons (Fsp3) is 0.556. The van der Waals surface area contributed by atoms with Crippen molar-refractivity contribution in [1.29, 1.82) is 0 Å². The van der Waals surface area contributed by atoms with Crippen molar-refractivity contribution in [1.82, 2.24) is 0 Å². The third kappa shape index (κ3) is 4.51. The molecular formula is C18H23NO4S. The van der Waals surface area contributed by atoms with Crippen LogP contribution in [0.5, 0.6) is 0 Å². The van der Waals surface area contributed by atoms with Gasteiger partial charge in [0.15, 0.2) is 5.71 Å². The Bertz CT molecular complexity index is 598. The van der Waals surface area contributed by atoms with Crippen LogP contribution in [0.2, 0.25) is 0 Å². The summed E-state index contributed by atoms with van der Waals surface area (Å²) in [5.74, 6) is -0.487. The Hall–Kier alpha value is -1.53. The first-order valence-corrected chi connectivity index (χ1v) is 9.19. The van der Waals surface area contributed by atoms with E-state index in [2.05, 4.69) is 5.16 Å². The lowest BCUT2D eigenvalue weighted by Crippen LogP contribution is -2.19. The largest absolute Gasteiger partial charge is 0.464 e. The molecule has 130 valence electrons. The number of esters is 1. The molecule has 0 aromatic heterocycles. The third-order valence-electron chi connectivity index (χ3n) is 4.30. The van der Waals surface area contributed by atoms with E-state index in [1.54, 1.807) is 7.11 Å². The molecule has 2 fully saturated rings. The summed E-state index contributed by atoms with van der Waals surface area (Å²) in [6, 6.07) is 7.84. The number of thioether (sulfide) groups is 1.